The summed E-state index contributed by atoms with van der Waals surface area (Å²) in [6.45, 7) is 1.63. The molecule has 1 unspecified atom stereocenters. The number of nitrogens with zero attached hydrogens (tertiary/aromatic N) is 1. The Morgan fingerprint density at radius 3 is 2.67 bits per heavy atom. The molecule has 1 heterocycles. The van der Waals surface area contributed by atoms with Crippen LogP contribution in [0.15, 0.2) is 30.5 Å². The summed E-state index contributed by atoms with van der Waals surface area (Å²) >= 11 is 0. The lowest BCUT2D eigenvalue weighted by molar-refractivity contribution is -0.117. The molecule has 1 saturated carbocycles. The van der Waals surface area contributed by atoms with Crippen LogP contribution >= 0.6 is 0 Å². The van der Waals surface area contributed by atoms with E-state index in [4.69, 9.17) is 5.73 Å². The number of hydrogen-bond donors (Lipinski definition) is 3. The van der Waals surface area contributed by atoms with Gasteiger partial charge >= 0.3 is 0 Å². The van der Waals surface area contributed by atoms with Crippen molar-refractivity contribution >= 4 is 22.7 Å². The molecule has 0 saturated heterocycles. The van der Waals surface area contributed by atoms with Crippen LogP contribution in [0.3, 0.4) is 0 Å². The summed E-state index contributed by atoms with van der Waals surface area (Å²) in [6.07, 6.45) is 7.44. The first kappa shape index (κ1) is 16.5. The predicted octanol–water partition coefficient (Wildman–Crippen LogP) is 2.12. The molecular formula is C18H24N4O2. The van der Waals surface area contributed by atoms with Crippen molar-refractivity contribution in [2.75, 3.05) is 5.43 Å². The maximum atomic E-state index is 12.6. The van der Waals surface area contributed by atoms with E-state index >= 15 is 0 Å². The molecule has 1 aromatic carbocycles. The largest absolute Gasteiger partial charge is 0.349 e. The molecule has 2 aromatic rings. The molecule has 24 heavy (non-hydrogen) atoms. The van der Waals surface area contributed by atoms with Crippen molar-refractivity contribution in [3.8, 4) is 0 Å². The van der Waals surface area contributed by atoms with Gasteiger partial charge in [0.1, 0.15) is 0 Å². The van der Waals surface area contributed by atoms with Gasteiger partial charge in [0.2, 0.25) is 0 Å². The minimum atomic E-state index is -0.597. The number of amides is 2. The molecule has 0 spiro atoms. The van der Waals surface area contributed by atoms with E-state index in [-0.39, 0.29) is 17.9 Å². The molecule has 6 nitrogen and oxygen atoms in total. The maximum absolute atomic E-state index is 12.6. The average Bonchev–Trinajstić information content (AvgIpc) is 2.98. The van der Waals surface area contributed by atoms with Crippen LogP contribution < -0.4 is 16.5 Å². The van der Waals surface area contributed by atoms with E-state index in [1.54, 1.807) is 17.8 Å². The minimum Gasteiger partial charge on any atom is -0.349 e. The van der Waals surface area contributed by atoms with Crippen LogP contribution in [0.25, 0.3) is 10.9 Å². The number of carbonyl (C=O) groups excluding carboxylic acids is 2. The minimum absolute atomic E-state index is 0.0521. The number of benzene rings is 1. The van der Waals surface area contributed by atoms with Crippen LogP contribution in [0, 0.1) is 0 Å². The molecule has 4 N–H and O–H groups in total. The highest BCUT2D eigenvalue weighted by Crippen LogP contribution is 2.22. The Hall–Kier alpha value is -2.34. The fraction of sp³-hybridized carbons (Fsp3) is 0.444. The molecule has 1 atom stereocenters. The standard InChI is InChI=1S/C18H24N4O2/c1-12(19)17(23)21-22-11-10-14-15(8-5-9-16(14)22)18(24)20-13-6-3-2-4-7-13/h5,8-13H,2-4,6-7,19H2,1H3,(H,20,24)(H,21,23). The molecule has 128 valence electrons. The number of rotatable bonds is 4. The van der Waals surface area contributed by atoms with Gasteiger partial charge < -0.3 is 11.1 Å². The normalized spacial score (nSPS) is 16.8. The molecule has 6 heteroatoms. The summed E-state index contributed by atoms with van der Waals surface area (Å²) in [4.78, 5) is 24.4. The van der Waals surface area contributed by atoms with Gasteiger partial charge in [-0.2, -0.15) is 0 Å². The molecule has 1 fully saturated rings. The molecule has 0 radical (unpaired) electrons. The third-order valence-electron chi connectivity index (χ3n) is 4.56. The van der Waals surface area contributed by atoms with Crippen LogP contribution in [0.4, 0.5) is 0 Å². The van der Waals surface area contributed by atoms with Crippen LogP contribution in [0.5, 0.6) is 0 Å². The quantitative estimate of drug-likeness (QED) is 0.803. The van der Waals surface area contributed by atoms with Gasteiger partial charge in [0.15, 0.2) is 0 Å². The van der Waals surface area contributed by atoms with Crippen molar-refractivity contribution in [2.24, 2.45) is 5.73 Å². The molecule has 1 aliphatic carbocycles. The monoisotopic (exact) mass is 328 g/mol. The van der Waals surface area contributed by atoms with E-state index in [2.05, 4.69) is 10.7 Å². The zero-order valence-corrected chi connectivity index (χ0v) is 13.9. The Morgan fingerprint density at radius 2 is 1.96 bits per heavy atom. The Balaban J connectivity index is 1.82. The van der Waals surface area contributed by atoms with Crippen molar-refractivity contribution < 1.29 is 9.59 Å². The average molecular weight is 328 g/mol. The first-order valence-corrected chi connectivity index (χ1v) is 8.53. The fourth-order valence-electron chi connectivity index (χ4n) is 3.19. The lowest BCUT2D eigenvalue weighted by atomic mass is 9.95. The number of nitrogens with two attached hydrogens (primary N) is 1. The van der Waals surface area contributed by atoms with Gasteiger partial charge in [-0.15, -0.1) is 0 Å². The summed E-state index contributed by atoms with van der Waals surface area (Å²) in [7, 11) is 0. The second kappa shape index (κ2) is 7.05. The second-order valence-corrected chi connectivity index (χ2v) is 6.50. The van der Waals surface area contributed by atoms with Crippen LogP contribution in [-0.4, -0.2) is 28.6 Å². The van der Waals surface area contributed by atoms with E-state index in [1.807, 2.05) is 24.3 Å². The van der Waals surface area contributed by atoms with Crippen LogP contribution in [0.1, 0.15) is 49.4 Å². The molecule has 0 aliphatic heterocycles. The molecule has 3 rings (SSSR count). The van der Waals surface area contributed by atoms with Gasteiger partial charge in [0.25, 0.3) is 11.8 Å². The Labute approximate surface area is 141 Å². The first-order valence-electron chi connectivity index (χ1n) is 8.53. The zero-order chi connectivity index (χ0) is 17.1. The van der Waals surface area contributed by atoms with Crippen LogP contribution in [0.2, 0.25) is 0 Å². The molecule has 1 aromatic heterocycles. The third-order valence-corrected chi connectivity index (χ3v) is 4.56. The van der Waals surface area contributed by atoms with Crippen molar-refractivity contribution in [3.63, 3.8) is 0 Å². The van der Waals surface area contributed by atoms with Crippen molar-refractivity contribution in [2.45, 2.75) is 51.1 Å². The fourth-order valence-corrected chi connectivity index (χ4v) is 3.19. The maximum Gasteiger partial charge on any atom is 0.255 e. The molecule has 0 bridgehead atoms. The van der Waals surface area contributed by atoms with E-state index in [0.717, 1.165) is 23.7 Å². The van der Waals surface area contributed by atoms with E-state index < -0.39 is 6.04 Å². The topological polar surface area (TPSA) is 89.2 Å². The smallest absolute Gasteiger partial charge is 0.255 e. The number of hydrogen-bond acceptors (Lipinski definition) is 3. The summed E-state index contributed by atoms with van der Waals surface area (Å²) in [5, 5.41) is 3.96. The lowest BCUT2D eigenvalue weighted by Crippen LogP contribution is -2.37. The number of nitrogens with one attached hydrogen (secondary N) is 2. The highest BCUT2D eigenvalue weighted by Gasteiger charge is 2.19. The van der Waals surface area contributed by atoms with Crippen molar-refractivity contribution in [1.29, 1.82) is 0 Å². The number of fused-ring (bicyclic) bond motifs is 1. The van der Waals surface area contributed by atoms with Gasteiger partial charge in [-0.1, -0.05) is 25.3 Å². The summed E-state index contributed by atoms with van der Waals surface area (Å²) in [5.41, 5.74) is 9.73. The molecular weight excluding hydrogens is 304 g/mol. The summed E-state index contributed by atoms with van der Waals surface area (Å²) < 4.78 is 1.61. The lowest BCUT2D eigenvalue weighted by Gasteiger charge is -2.23. The Morgan fingerprint density at radius 1 is 1.21 bits per heavy atom. The summed E-state index contributed by atoms with van der Waals surface area (Å²) in [5.74, 6) is -0.326. The van der Waals surface area contributed by atoms with Gasteiger partial charge in [-0.25, -0.2) is 0 Å². The van der Waals surface area contributed by atoms with Crippen molar-refractivity contribution in [1.82, 2.24) is 9.99 Å². The van der Waals surface area contributed by atoms with E-state index in [1.165, 1.54) is 19.3 Å². The summed E-state index contributed by atoms with van der Waals surface area (Å²) in [6, 6.07) is 7.02. The second-order valence-electron chi connectivity index (χ2n) is 6.50. The Kier molecular flexibility index (Phi) is 4.85. The first-order chi connectivity index (χ1) is 11.6. The van der Waals surface area contributed by atoms with Gasteiger partial charge in [-0.05, 0) is 38.0 Å². The zero-order valence-electron chi connectivity index (χ0n) is 13.9. The SMILES string of the molecule is CC(N)C(=O)Nn1ccc2c(C(=O)NC3CCCCC3)cccc21. The van der Waals surface area contributed by atoms with Crippen molar-refractivity contribution in [3.05, 3.63) is 36.0 Å². The van der Waals surface area contributed by atoms with Gasteiger partial charge in [-0.3, -0.25) is 19.7 Å². The highest BCUT2D eigenvalue weighted by molar-refractivity contribution is 6.07. The van der Waals surface area contributed by atoms with Gasteiger partial charge in [0.05, 0.1) is 11.6 Å². The predicted molar refractivity (Wildman–Crippen MR) is 94.3 cm³/mol. The van der Waals surface area contributed by atoms with E-state index in [0.29, 0.717) is 5.56 Å². The highest BCUT2D eigenvalue weighted by atomic mass is 16.2. The number of carbonyl (C=O) groups is 2. The van der Waals surface area contributed by atoms with Gasteiger partial charge in [0, 0.05) is 23.2 Å². The molecule has 2 amide bonds. The molecule has 1 aliphatic rings. The van der Waals surface area contributed by atoms with Crippen LogP contribution in [-0.2, 0) is 4.79 Å². The number of aromatic nitrogens is 1. The van der Waals surface area contributed by atoms with E-state index in [9.17, 15) is 9.59 Å². The third kappa shape index (κ3) is 3.43. The Bertz CT molecular complexity index is 745.